The number of rotatable bonds is 13. The summed E-state index contributed by atoms with van der Waals surface area (Å²) in [5.74, 6) is 0. The number of nitrogens with one attached hydrogen (secondary N) is 1. The Hall–Kier alpha value is -12.3. The van der Waals surface area contributed by atoms with Crippen LogP contribution in [0.2, 0.25) is 5.02 Å². The number of aromatic nitrogens is 2. The molecule has 0 saturated heterocycles. The Kier molecular flexibility index (Phi) is 19.6. The minimum absolute atomic E-state index is 0. The lowest BCUT2D eigenvalue weighted by molar-refractivity contribution is -0.0000188. The van der Waals surface area contributed by atoms with Crippen LogP contribution in [0, 0.1) is 0 Å². The lowest BCUT2D eigenvalue weighted by atomic mass is 10.0. The van der Waals surface area contributed by atoms with E-state index in [-0.39, 0.29) is 24.0 Å². The van der Waals surface area contributed by atoms with Gasteiger partial charge in [-0.05, 0) is 200 Å². The van der Waals surface area contributed by atoms with Crippen LogP contribution in [-0.2, 0) is 0 Å². The molecule has 102 heavy (non-hydrogen) atoms. The van der Waals surface area contributed by atoms with Crippen molar-refractivity contribution in [1.82, 2.24) is 9.13 Å². The van der Waals surface area contributed by atoms with Crippen molar-refractivity contribution >= 4 is 83.6 Å². The number of para-hydroxylation sites is 4. The summed E-state index contributed by atoms with van der Waals surface area (Å²) >= 11 is 6.04. The van der Waals surface area contributed by atoms with E-state index in [4.69, 9.17) is 11.6 Å². The predicted molar refractivity (Wildman–Crippen MR) is 430 cm³/mol. The molecule has 0 unspecified atom stereocenters. The van der Waals surface area contributed by atoms with Gasteiger partial charge >= 0.3 is 0 Å². The summed E-state index contributed by atoms with van der Waals surface area (Å²) in [6, 6.07) is 146. The Labute approximate surface area is 618 Å². The fourth-order valence-corrected chi connectivity index (χ4v) is 13.8. The largest absolute Gasteiger partial charge is 1.00 e. The molecule has 0 spiro atoms. The van der Waals surface area contributed by atoms with Crippen molar-refractivity contribution in [3.63, 3.8) is 0 Å². The molecular weight excluding hydrogens is 1370 g/mol. The van der Waals surface area contributed by atoms with Crippen molar-refractivity contribution in [3.8, 4) is 78.1 Å². The average molecular weight is 1440 g/mol. The fraction of sp³-hybridized carbons (Fsp3) is 0. The highest BCUT2D eigenvalue weighted by Gasteiger charge is 2.18. The molecule has 0 aliphatic heterocycles. The Morgan fingerprint density at radius 2 is 0.441 bits per heavy atom. The van der Waals surface area contributed by atoms with E-state index in [1.54, 1.807) is 0 Å². The normalized spacial score (nSPS) is 10.9. The summed E-state index contributed by atoms with van der Waals surface area (Å²) in [4.78, 5) is 2.34. The third-order valence-corrected chi connectivity index (χ3v) is 19.0. The highest BCUT2D eigenvalue weighted by Crippen LogP contribution is 2.41. The van der Waals surface area contributed by atoms with Crippen molar-refractivity contribution in [2.45, 2.75) is 0 Å². The van der Waals surface area contributed by atoms with Crippen molar-refractivity contribution < 1.29 is 24.0 Å². The van der Waals surface area contributed by atoms with Crippen LogP contribution in [0.15, 0.2) is 413 Å². The molecule has 0 aliphatic carbocycles. The molecule has 6 heteroatoms. The number of benzene rings is 16. The summed E-state index contributed by atoms with van der Waals surface area (Å²) in [5, 5.41) is 9.26. The van der Waals surface area contributed by atoms with Crippen molar-refractivity contribution in [2.24, 2.45) is 0 Å². The quantitative estimate of drug-likeness (QED) is 0.116. The molecule has 0 bridgehead atoms. The van der Waals surface area contributed by atoms with Gasteiger partial charge in [-0.25, -0.2) is 0 Å². The number of anilines is 5. The standard InChI is InChI=1S/C48H34N2.C24H16ClN.C24H19N.HI/c1-4-12-35(13-5-1)37-20-27-42(28-21-37)49(43-29-22-38(23-30-43)36-14-6-2-7-15-36)44-31-24-39(25-32-44)40-26-33-48-46(34-40)45-18-10-11-19-47(45)50(48)41-16-8-3-9-17-41;25-19-13-10-17(11-14-19)18-12-15-24-22(16-18)21-8-4-5-9-23(21)26(24)20-6-2-1-3-7-20;1-3-7-19(8-4-1)21-11-15-23(16-12-21)25-24-17-13-22(14-18-24)20-9-5-2-6-10-20;/h1-34H;1-16H;1-18,25H;1H/p-1. The van der Waals surface area contributed by atoms with Gasteiger partial charge in [0.05, 0.1) is 22.1 Å². The zero-order valence-electron chi connectivity index (χ0n) is 55.9. The first-order valence-electron chi connectivity index (χ1n) is 34.2. The summed E-state index contributed by atoms with van der Waals surface area (Å²) in [6.45, 7) is 0. The van der Waals surface area contributed by atoms with Crippen LogP contribution in [-0.4, -0.2) is 9.13 Å². The molecule has 0 amide bonds. The topological polar surface area (TPSA) is 25.1 Å². The van der Waals surface area contributed by atoms with Crippen LogP contribution in [0.3, 0.4) is 0 Å². The lowest BCUT2D eigenvalue weighted by Crippen LogP contribution is -3.00. The van der Waals surface area contributed by atoms with Gasteiger partial charge in [-0.1, -0.05) is 291 Å². The molecule has 0 saturated carbocycles. The smallest absolute Gasteiger partial charge is 0.0541 e. The number of fused-ring (bicyclic) bond motifs is 6. The first-order chi connectivity index (χ1) is 50.0. The summed E-state index contributed by atoms with van der Waals surface area (Å²) in [7, 11) is 0. The number of halogens is 2. The maximum atomic E-state index is 6.04. The third kappa shape index (κ3) is 14.2. The van der Waals surface area contributed by atoms with E-state index in [0.29, 0.717) is 0 Å². The van der Waals surface area contributed by atoms with Crippen LogP contribution < -0.4 is 34.2 Å². The van der Waals surface area contributed by atoms with E-state index in [2.05, 4.69) is 408 Å². The minimum Gasteiger partial charge on any atom is -1.00 e. The first kappa shape index (κ1) is 65.7. The maximum Gasteiger partial charge on any atom is 0.0541 e. The maximum absolute atomic E-state index is 6.04. The molecule has 2 heterocycles. The van der Waals surface area contributed by atoms with Gasteiger partial charge < -0.3 is 43.3 Å². The fourth-order valence-electron chi connectivity index (χ4n) is 13.7. The monoisotopic (exact) mass is 1440 g/mol. The van der Waals surface area contributed by atoms with E-state index in [9.17, 15) is 0 Å². The van der Waals surface area contributed by atoms with Crippen LogP contribution in [0.1, 0.15) is 0 Å². The summed E-state index contributed by atoms with van der Waals surface area (Å²) in [6.07, 6.45) is 0. The Morgan fingerprint density at radius 3 is 0.765 bits per heavy atom. The molecule has 2 aromatic heterocycles. The highest BCUT2D eigenvalue weighted by molar-refractivity contribution is 6.30. The van der Waals surface area contributed by atoms with E-state index < -0.39 is 0 Å². The van der Waals surface area contributed by atoms with Gasteiger partial charge in [0, 0.05) is 66.4 Å². The molecule has 488 valence electrons. The SMILES string of the molecule is Clc1ccc(-c2ccc3c(c2)c2ccccc2n3-c2ccccc2)cc1.[I-].c1ccc(-c2ccc(N(c3ccc(-c4ccccc4)cc3)c3ccc(-c4ccc5c(c4)c4ccccc4n5-c4ccccc4)cc3)cc2)cc1.c1ccc(-c2ccc(Nc3ccc(-c4ccccc4)cc3)cc2)cc1. The second kappa shape index (κ2) is 30.5. The lowest BCUT2D eigenvalue weighted by Gasteiger charge is -2.26. The van der Waals surface area contributed by atoms with Gasteiger partial charge in [-0.15, -0.1) is 0 Å². The van der Waals surface area contributed by atoms with E-state index in [1.807, 2.05) is 24.3 Å². The number of hydrogen-bond donors (Lipinski definition) is 1. The van der Waals surface area contributed by atoms with Gasteiger partial charge in [-0.3, -0.25) is 0 Å². The second-order valence-corrected chi connectivity index (χ2v) is 25.5. The van der Waals surface area contributed by atoms with E-state index in [1.165, 1.54) is 122 Å². The average Bonchev–Trinajstić information content (AvgIpc) is 1.61. The minimum atomic E-state index is 0. The summed E-state index contributed by atoms with van der Waals surface area (Å²) in [5.41, 5.74) is 27.2. The molecule has 18 rings (SSSR count). The molecule has 0 atom stereocenters. The molecule has 18 aromatic rings. The zero-order chi connectivity index (χ0) is 67.7. The molecular formula is C96H69ClIN4-. The first-order valence-corrected chi connectivity index (χ1v) is 34.6. The summed E-state index contributed by atoms with van der Waals surface area (Å²) < 4.78 is 4.69. The molecule has 0 radical (unpaired) electrons. The van der Waals surface area contributed by atoms with Crippen molar-refractivity contribution in [1.29, 1.82) is 0 Å². The van der Waals surface area contributed by atoms with E-state index >= 15 is 0 Å². The van der Waals surface area contributed by atoms with Crippen LogP contribution in [0.4, 0.5) is 28.4 Å². The Morgan fingerprint density at radius 1 is 0.206 bits per heavy atom. The van der Waals surface area contributed by atoms with Gasteiger partial charge in [-0.2, -0.15) is 0 Å². The Bertz CT molecular complexity index is 5610. The molecule has 0 aliphatic rings. The number of hydrogen-bond acceptors (Lipinski definition) is 2. The van der Waals surface area contributed by atoms with Crippen LogP contribution in [0.25, 0.3) is 122 Å². The highest BCUT2D eigenvalue weighted by atomic mass is 127. The van der Waals surface area contributed by atoms with Gasteiger partial charge in [0.1, 0.15) is 0 Å². The van der Waals surface area contributed by atoms with Gasteiger partial charge in [0.15, 0.2) is 0 Å². The molecule has 16 aromatic carbocycles. The predicted octanol–water partition coefficient (Wildman–Crippen LogP) is 24.1. The molecule has 0 fully saturated rings. The third-order valence-electron chi connectivity index (χ3n) is 18.7. The van der Waals surface area contributed by atoms with Gasteiger partial charge in [0.2, 0.25) is 0 Å². The second-order valence-electron chi connectivity index (χ2n) is 25.1. The van der Waals surface area contributed by atoms with Gasteiger partial charge in [0.25, 0.3) is 0 Å². The zero-order valence-corrected chi connectivity index (χ0v) is 58.8. The van der Waals surface area contributed by atoms with Crippen LogP contribution >= 0.6 is 11.6 Å². The molecule has 1 N–H and O–H groups in total. The van der Waals surface area contributed by atoms with Crippen LogP contribution in [0.5, 0.6) is 0 Å². The van der Waals surface area contributed by atoms with Crippen molar-refractivity contribution in [2.75, 3.05) is 10.2 Å². The molecule has 4 nitrogen and oxygen atoms in total. The Balaban J connectivity index is 0.000000136. The number of nitrogens with zero attached hydrogens (tertiary/aromatic N) is 3. The van der Waals surface area contributed by atoms with Crippen molar-refractivity contribution in [3.05, 3.63) is 418 Å². The van der Waals surface area contributed by atoms with E-state index in [0.717, 1.165) is 33.5 Å².